The zero-order valence-electron chi connectivity index (χ0n) is 10.8. The SMILES string of the molecule is CCC(Br)CCNCCC1CCCCN1C. The molecule has 0 bridgehead atoms. The van der Waals surface area contributed by atoms with E-state index in [0.717, 1.165) is 12.6 Å². The average molecular weight is 291 g/mol. The number of rotatable bonds is 7. The zero-order chi connectivity index (χ0) is 11.8. The Morgan fingerprint density at radius 3 is 2.88 bits per heavy atom. The summed E-state index contributed by atoms with van der Waals surface area (Å²) < 4.78 is 0. The number of piperidine rings is 1. The molecule has 1 fully saturated rings. The predicted octanol–water partition coefficient (Wildman–Crippen LogP) is 3.01. The highest BCUT2D eigenvalue weighted by molar-refractivity contribution is 9.09. The molecule has 0 aromatic heterocycles. The highest BCUT2D eigenvalue weighted by atomic mass is 79.9. The van der Waals surface area contributed by atoms with Gasteiger partial charge in [-0.25, -0.2) is 0 Å². The maximum absolute atomic E-state index is 3.67. The van der Waals surface area contributed by atoms with Crippen molar-refractivity contribution in [2.75, 3.05) is 26.7 Å². The Bertz CT molecular complexity index is 175. The first-order valence-corrected chi connectivity index (χ1v) is 7.70. The lowest BCUT2D eigenvalue weighted by Crippen LogP contribution is -2.38. The van der Waals surface area contributed by atoms with Gasteiger partial charge in [0, 0.05) is 10.9 Å². The van der Waals surface area contributed by atoms with E-state index in [0.29, 0.717) is 4.83 Å². The van der Waals surface area contributed by atoms with E-state index < -0.39 is 0 Å². The van der Waals surface area contributed by atoms with Crippen LogP contribution in [0.15, 0.2) is 0 Å². The fourth-order valence-corrected chi connectivity index (χ4v) is 2.59. The van der Waals surface area contributed by atoms with E-state index in [9.17, 15) is 0 Å². The maximum Gasteiger partial charge on any atom is 0.0155 e. The second-order valence-electron chi connectivity index (χ2n) is 4.96. The summed E-state index contributed by atoms with van der Waals surface area (Å²) in [5.74, 6) is 0. The van der Waals surface area contributed by atoms with E-state index in [2.05, 4.69) is 40.1 Å². The minimum atomic E-state index is 0.692. The predicted molar refractivity (Wildman–Crippen MR) is 75.4 cm³/mol. The van der Waals surface area contributed by atoms with Gasteiger partial charge in [0.05, 0.1) is 0 Å². The number of hydrogen-bond acceptors (Lipinski definition) is 2. The molecule has 0 saturated carbocycles. The second-order valence-corrected chi connectivity index (χ2v) is 6.26. The monoisotopic (exact) mass is 290 g/mol. The van der Waals surface area contributed by atoms with Crippen molar-refractivity contribution in [1.82, 2.24) is 10.2 Å². The Kier molecular flexibility index (Phi) is 7.67. The molecule has 2 unspecified atom stereocenters. The maximum atomic E-state index is 3.67. The smallest absolute Gasteiger partial charge is 0.0155 e. The van der Waals surface area contributed by atoms with Crippen molar-refractivity contribution in [2.24, 2.45) is 0 Å². The molecule has 1 saturated heterocycles. The van der Waals surface area contributed by atoms with Crippen LogP contribution in [0.3, 0.4) is 0 Å². The number of hydrogen-bond donors (Lipinski definition) is 1. The van der Waals surface area contributed by atoms with Crippen molar-refractivity contribution in [1.29, 1.82) is 0 Å². The molecule has 0 aromatic rings. The Hall–Kier alpha value is 0.400. The Morgan fingerprint density at radius 1 is 1.38 bits per heavy atom. The van der Waals surface area contributed by atoms with Crippen LogP contribution in [0.25, 0.3) is 0 Å². The molecular weight excluding hydrogens is 264 g/mol. The van der Waals surface area contributed by atoms with Gasteiger partial charge >= 0.3 is 0 Å². The minimum absolute atomic E-state index is 0.692. The van der Waals surface area contributed by atoms with E-state index in [1.807, 2.05) is 0 Å². The van der Waals surface area contributed by atoms with Crippen molar-refractivity contribution in [3.8, 4) is 0 Å². The van der Waals surface area contributed by atoms with Gasteiger partial charge in [0.25, 0.3) is 0 Å². The fourth-order valence-electron chi connectivity index (χ4n) is 2.37. The molecule has 2 nitrogen and oxygen atoms in total. The van der Waals surface area contributed by atoms with Gasteiger partial charge in [0.2, 0.25) is 0 Å². The summed E-state index contributed by atoms with van der Waals surface area (Å²) in [5.41, 5.74) is 0. The Morgan fingerprint density at radius 2 is 2.19 bits per heavy atom. The number of nitrogens with zero attached hydrogens (tertiary/aromatic N) is 1. The lowest BCUT2D eigenvalue weighted by molar-refractivity contribution is 0.175. The van der Waals surface area contributed by atoms with Crippen LogP contribution in [0.1, 0.15) is 45.4 Å². The standard InChI is InChI=1S/C13H27BrN2/c1-3-12(14)7-9-15-10-8-13-6-4-5-11-16(13)2/h12-13,15H,3-11H2,1-2H3. The van der Waals surface area contributed by atoms with Gasteiger partial charge in [0.1, 0.15) is 0 Å². The highest BCUT2D eigenvalue weighted by Crippen LogP contribution is 2.17. The second kappa shape index (κ2) is 8.48. The molecule has 1 heterocycles. The van der Waals surface area contributed by atoms with Crippen molar-refractivity contribution >= 4 is 15.9 Å². The summed E-state index contributed by atoms with van der Waals surface area (Å²) in [4.78, 5) is 3.22. The molecule has 96 valence electrons. The van der Waals surface area contributed by atoms with Crippen molar-refractivity contribution in [3.05, 3.63) is 0 Å². The molecule has 1 N–H and O–H groups in total. The van der Waals surface area contributed by atoms with Gasteiger partial charge in [-0.15, -0.1) is 0 Å². The van der Waals surface area contributed by atoms with Crippen LogP contribution in [-0.4, -0.2) is 42.5 Å². The van der Waals surface area contributed by atoms with Gasteiger partial charge in [-0.1, -0.05) is 29.3 Å². The van der Waals surface area contributed by atoms with Crippen LogP contribution in [0.4, 0.5) is 0 Å². The van der Waals surface area contributed by atoms with Crippen molar-refractivity contribution in [2.45, 2.75) is 56.3 Å². The molecule has 16 heavy (non-hydrogen) atoms. The number of alkyl halides is 1. The topological polar surface area (TPSA) is 15.3 Å². The molecule has 3 heteroatoms. The Balaban J connectivity index is 1.97. The van der Waals surface area contributed by atoms with Gasteiger partial charge in [0.15, 0.2) is 0 Å². The highest BCUT2D eigenvalue weighted by Gasteiger charge is 2.17. The van der Waals surface area contributed by atoms with E-state index in [4.69, 9.17) is 0 Å². The van der Waals surface area contributed by atoms with Gasteiger partial charge in [-0.3, -0.25) is 0 Å². The summed E-state index contributed by atoms with van der Waals surface area (Å²) in [7, 11) is 2.27. The lowest BCUT2D eigenvalue weighted by atomic mass is 10.0. The van der Waals surface area contributed by atoms with E-state index in [-0.39, 0.29) is 0 Å². The molecule has 2 atom stereocenters. The molecule has 0 spiro atoms. The molecule has 1 aliphatic rings. The normalized spacial score (nSPS) is 24.6. The average Bonchev–Trinajstić information content (AvgIpc) is 2.30. The third kappa shape index (κ3) is 5.65. The molecule has 0 aliphatic carbocycles. The first-order chi connectivity index (χ1) is 7.74. The molecule has 0 amide bonds. The number of likely N-dealkylation sites (tertiary alicyclic amines) is 1. The molecule has 0 aromatic carbocycles. The first-order valence-electron chi connectivity index (χ1n) is 6.79. The van der Waals surface area contributed by atoms with Crippen LogP contribution >= 0.6 is 15.9 Å². The van der Waals surface area contributed by atoms with Crippen LogP contribution in [0.2, 0.25) is 0 Å². The fraction of sp³-hybridized carbons (Fsp3) is 1.00. The van der Waals surface area contributed by atoms with Crippen LogP contribution in [0.5, 0.6) is 0 Å². The van der Waals surface area contributed by atoms with E-state index >= 15 is 0 Å². The largest absolute Gasteiger partial charge is 0.317 e. The van der Waals surface area contributed by atoms with E-state index in [1.54, 1.807) is 0 Å². The summed E-state index contributed by atoms with van der Waals surface area (Å²) in [6.45, 7) is 5.86. The molecule has 1 rings (SSSR count). The lowest BCUT2D eigenvalue weighted by Gasteiger charge is -2.32. The van der Waals surface area contributed by atoms with Gasteiger partial charge in [-0.05, 0) is 58.8 Å². The van der Waals surface area contributed by atoms with Crippen LogP contribution in [0, 0.1) is 0 Å². The van der Waals surface area contributed by atoms with Gasteiger partial charge in [-0.2, -0.15) is 0 Å². The Labute approximate surface area is 109 Å². The summed E-state index contributed by atoms with van der Waals surface area (Å²) >= 11 is 3.67. The van der Waals surface area contributed by atoms with Gasteiger partial charge < -0.3 is 10.2 Å². The quantitative estimate of drug-likeness (QED) is 0.573. The molecule has 0 radical (unpaired) electrons. The van der Waals surface area contributed by atoms with Crippen LogP contribution in [-0.2, 0) is 0 Å². The summed E-state index contributed by atoms with van der Waals surface area (Å²) in [5, 5.41) is 3.56. The molecule has 1 aliphatic heterocycles. The van der Waals surface area contributed by atoms with Crippen LogP contribution < -0.4 is 5.32 Å². The van der Waals surface area contributed by atoms with Crippen molar-refractivity contribution < 1.29 is 0 Å². The van der Waals surface area contributed by atoms with E-state index in [1.165, 1.54) is 51.6 Å². The summed E-state index contributed by atoms with van der Waals surface area (Å²) in [6.07, 6.45) is 8.00. The third-order valence-corrected chi connectivity index (χ3v) is 4.76. The number of halogens is 1. The number of nitrogens with one attached hydrogen (secondary N) is 1. The first kappa shape index (κ1) is 14.5. The zero-order valence-corrected chi connectivity index (χ0v) is 12.4. The minimum Gasteiger partial charge on any atom is -0.317 e. The third-order valence-electron chi connectivity index (χ3n) is 3.65. The summed E-state index contributed by atoms with van der Waals surface area (Å²) in [6, 6.07) is 0.826. The van der Waals surface area contributed by atoms with Crippen molar-refractivity contribution in [3.63, 3.8) is 0 Å². The molecular formula is C13H27BrN2.